The van der Waals surface area contributed by atoms with Crippen LogP contribution in [-0.2, 0) is 38.7 Å². The van der Waals surface area contributed by atoms with Gasteiger partial charge in [0.1, 0.15) is 23.9 Å². The zero-order chi connectivity index (χ0) is 45.7. The molecule has 0 radical (unpaired) electrons. The van der Waals surface area contributed by atoms with E-state index in [0.717, 1.165) is 70.8 Å². The third kappa shape index (κ3) is 16.7. The topological polar surface area (TPSA) is 223 Å². The summed E-state index contributed by atoms with van der Waals surface area (Å²) in [6.07, 6.45) is 18.9. The first-order valence-corrected chi connectivity index (χ1v) is 19.7. The van der Waals surface area contributed by atoms with Gasteiger partial charge < -0.3 is 59.2 Å². The minimum atomic E-state index is -1.23. The smallest absolute Gasteiger partial charge is 0.542 e. The maximum absolute atomic E-state index is 10.9. The Morgan fingerprint density at radius 1 is 0.426 bits per heavy atom. The number of carbonyl (C=O) groups is 4. The molecule has 0 fully saturated rings. The summed E-state index contributed by atoms with van der Waals surface area (Å²) in [7, 11) is 6.82. The number of carboxylic acids is 4. The predicted octanol–water partition coefficient (Wildman–Crippen LogP) is 1.28. The molecule has 0 unspecified atom stereocenters. The van der Waals surface area contributed by atoms with E-state index in [1.165, 1.54) is 0 Å². The van der Waals surface area contributed by atoms with Gasteiger partial charge in [0.05, 0.1) is 0 Å². The first kappa shape index (κ1) is 55.3. The van der Waals surface area contributed by atoms with Crippen molar-refractivity contribution in [2.24, 2.45) is 20.0 Å². The van der Waals surface area contributed by atoms with Gasteiger partial charge in [-0.05, 0) is 77.7 Å². The maximum Gasteiger partial charge on any atom is 4.00 e. The summed E-state index contributed by atoms with van der Waals surface area (Å²) in [4.78, 5) is 65.5. The molecular weight excluding hydrogens is 870 g/mol. The first-order chi connectivity index (χ1) is 28.3. The molecule has 4 rings (SSSR count). The molecule has 0 atom stereocenters. The molecule has 0 aliphatic heterocycles. The van der Waals surface area contributed by atoms with Crippen molar-refractivity contribution < 1.29 is 59.1 Å². The Hall–Kier alpha value is -5.70. The number of allylic oxidation sites excluding steroid dienone is 12. The van der Waals surface area contributed by atoms with Crippen LogP contribution in [0.3, 0.4) is 0 Å². The second-order valence-electron chi connectivity index (χ2n) is 13.5. The average molecular weight is 930 g/mol. The van der Waals surface area contributed by atoms with Crippen molar-refractivity contribution in [2.75, 3.05) is 54.4 Å². The van der Waals surface area contributed by atoms with Gasteiger partial charge in [-0.2, -0.15) is 0 Å². The molecule has 61 heavy (non-hydrogen) atoms. The van der Waals surface area contributed by atoms with Crippen LogP contribution >= 0.6 is 0 Å². The molecule has 0 saturated heterocycles. The number of hydrogen-bond acceptors (Lipinski definition) is 12. The minimum Gasteiger partial charge on any atom is -0.542 e. The number of hydrogen-bond donors (Lipinski definition) is 0. The van der Waals surface area contributed by atoms with Crippen LogP contribution in [0.1, 0.15) is 81.1 Å². The van der Waals surface area contributed by atoms with Crippen LogP contribution in [0.15, 0.2) is 114 Å². The Morgan fingerprint density at radius 2 is 0.590 bits per heavy atom. The molecule has 0 saturated carbocycles. The van der Waals surface area contributed by atoms with Crippen LogP contribution in [0.25, 0.3) is 0 Å². The van der Waals surface area contributed by atoms with Gasteiger partial charge in [0.25, 0.3) is 0 Å². The van der Waals surface area contributed by atoms with Gasteiger partial charge in [-0.25, -0.2) is 0 Å². The van der Waals surface area contributed by atoms with Gasteiger partial charge in [0, 0.05) is 103 Å². The quantitative estimate of drug-likeness (QED) is 0.191. The van der Waals surface area contributed by atoms with Crippen LogP contribution in [0.4, 0.5) is 0 Å². The van der Waals surface area contributed by atoms with E-state index >= 15 is 0 Å². The fourth-order valence-corrected chi connectivity index (χ4v) is 6.36. The molecule has 0 aromatic rings. The van der Waals surface area contributed by atoms with Crippen LogP contribution < -0.4 is 20.4 Å². The normalized spacial score (nSPS) is 15.8. The molecule has 0 bridgehead atoms. The van der Waals surface area contributed by atoms with Crippen molar-refractivity contribution in [1.82, 2.24) is 19.6 Å². The average Bonchev–Trinajstić information content (AvgIpc) is 4.02. The van der Waals surface area contributed by atoms with Crippen molar-refractivity contribution in [3.63, 3.8) is 0 Å². The number of aliphatic imine (C=N–C) groups is 4. The standard InChI is InChI=1S/4C11H16N2O2.Ru/c4*1-4-12-10(11(14)15)13(3)9-7-5-6-8(9)2;/h4*5-6H,4,7H2,1-3H3,(H,14,15);/q;;;;+4/p-4. The summed E-state index contributed by atoms with van der Waals surface area (Å²) in [6.45, 7) is 16.7. The number of carboxylic acid groups (broad SMARTS) is 4. The minimum absolute atomic E-state index is 0. The monoisotopic (exact) mass is 930 g/mol. The SMILES string of the molecule is CCN=C(C(=O)[O-])N(C)C1=C(C)C=CC1.CCN=C(C(=O)[O-])N(C)C1=C(C)C=CC1.CCN=C(C(=O)[O-])N(C)C1=C(C)C=CC1.CCN=C(C(=O)[O-])N(C)C1=C(C)C=CC1.[Ru+4]. The van der Waals surface area contributed by atoms with E-state index in [9.17, 15) is 39.6 Å². The second-order valence-corrected chi connectivity index (χ2v) is 13.5. The van der Waals surface area contributed by atoms with Gasteiger partial charge in [-0.1, -0.05) is 48.6 Å². The summed E-state index contributed by atoms with van der Waals surface area (Å²) in [6, 6.07) is 0. The maximum atomic E-state index is 10.9. The number of carbonyl (C=O) groups excluding carboxylic acids is 4. The molecular formula is C44H60N8O8Ru. The van der Waals surface area contributed by atoms with Crippen LogP contribution in [0.5, 0.6) is 0 Å². The fraction of sp³-hybridized carbons (Fsp3) is 0.455. The van der Waals surface area contributed by atoms with E-state index in [2.05, 4.69) is 20.0 Å². The van der Waals surface area contributed by atoms with Crippen molar-refractivity contribution >= 4 is 47.2 Å². The number of aliphatic carboxylic acids is 4. The molecule has 0 spiro atoms. The Balaban J connectivity index is 0.000000783. The Morgan fingerprint density at radius 3 is 0.689 bits per heavy atom. The second kappa shape index (κ2) is 27.9. The molecule has 4 aliphatic carbocycles. The molecule has 0 amide bonds. The molecule has 0 aromatic heterocycles. The van der Waals surface area contributed by atoms with Crippen molar-refractivity contribution in [3.8, 4) is 0 Å². The van der Waals surface area contributed by atoms with E-state index in [4.69, 9.17) is 0 Å². The third-order valence-corrected chi connectivity index (χ3v) is 9.39. The number of rotatable bonds is 8. The van der Waals surface area contributed by atoms with Gasteiger partial charge in [0.2, 0.25) is 0 Å². The van der Waals surface area contributed by atoms with Crippen molar-refractivity contribution in [2.45, 2.75) is 81.1 Å². The van der Waals surface area contributed by atoms with E-state index in [1.807, 2.05) is 76.3 Å². The number of nitrogens with zero attached hydrogens (tertiary/aromatic N) is 8. The predicted molar refractivity (Wildman–Crippen MR) is 229 cm³/mol. The molecule has 0 N–H and O–H groups in total. The van der Waals surface area contributed by atoms with Gasteiger partial charge in [-0.15, -0.1) is 0 Å². The molecule has 4 aliphatic rings. The van der Waals surface area contributed by atoms with E-state index in [1.54, 1.807) is 75.5 Å². The summed E-state index contributed by atoms with van der Waals surface area (Å²) in [5, 5.41) is 43.5. The Bertz CT molecular complexity index is 1700. The van der Waals surface area contributed by atoms with E-state index in [-0.39, 0.29) is 42.8 Å². The first-order valence-electron chi connectivity index (χ1n) is 19.7. The molecule has 16 nitrogen and oxygen atoms in total. The number of likely N-dealkylation sites (N-methyl/N-ethyl adjacent to an activating group) is 4. The van der Waals surface area contributed by atoms with Gasteiger partial charge >= 0.3 is 19.5 Å². The summed E-state index contributed by atoms with van der Waals surface area (Å²) >= 11 is 0. The van der Waals surface area contributed by atoms with Gasteiger partial charge in [0.15, 0.2) is 23.3 Å². The summed E-state index contributed by atoms with van der Waals surface area (Å²) < 4.78 is 0. The van der Waals surface area contributed by atoms with Crippen LogP contribution in [0, 0.1) is 0 Å². The zero-order valence-electron chi connectivity index (χ0n) is 37.5. The van der Waals surface area contributed by atoms with Crippen molar-refractivity contribution in [1.29, 1.82) is 0 Å². The van der Waals surface area contributed by atoms with Crippen LogP contribution in [-0.4, -0.2) is 121 Å². The number of amidine groups is 4. The third-order valence-electron chi connectivity index (χ3n) is 9.39. The Labute approximate surface area is 373 Å². The summed E-state index contributed by atoms with van der Waals surface area (Å²) in [5.41, 5.74) is 8.14. The Kier molecular flexibility index (Phi) is 25.3. The largest absolute Gasteiger partial charge is 4.00 e. The molecule has 0 heterocycles. The van der Waals surface area contributed by atoms with Crippen LogP contribution in [0.2, 0.25) is 0 Å². The van der Waals surface area contributed by atoms with Gasteiger partial charge in [-0.3, -0.25) is 20.0 Å². The molecule has 17 heteroatoms. The van der Waals surface area contributed by atoms with E-state index < -0.39 is 23.9 Å². The fourth-order valence-electron chi connectivity index (χ4n) is 6.36. The summed E-state index contributed by atoms with van der Waals surface area (Å²) in [5.74, 6) is -4.94. The van der Waals surface area contributed by atoms with Crippen molar-refractivity contribution in [3.05, 3.63) is 93.7 Å². The zero-order valence-corrected chi connectivity index (χ0v) is 39.2. The molecule has 332 valence electrons. The van der Waals surface area contributed by atoms with E-state index in [0.29, 0.717) is 26.2 Å². The molecule has 0 aromatic carbocycles.